The molecular formula is C22H21FO6. The zero-order chi connectivity index (χ0) is 20.8. The summed E-state index contributed by atoms with van der Waals surface area (Å²) in [6.45, 7) is 2.51. The van der Waals surface area contributed by atoms with Gasteiger partial charge in [0.25, 0.3) is 0 Å². The Morgan fingerprint density at radius 3 is 2.34 bits per heavy atom. The Kier molecular flexibility index (Phi) is 6.59. The first kappa shape index (κ1) is 20.5. The molecule has 0 saturated heterocycles. The Bertz CT molecular complexity index is 906. The minimum absolute atomic E-state index is 0.0596. The number of carbonyl (C=O) groups excluding carboxylic acids is 3. The van der Waals surface area contributed by atoms with E-state index in [4.69, 9.17) is 14.2 Å². The zero-order valence-corrected chi connectivity index (χ0v) is 16.0. The zero-order valence-electron chi connectivity index (χ0n) is 16.0. The SMILES string of the molecule is C[C@@H](OC(=O)CCC(=O)c1ccc2c(c1)OCCCO2)C(=O)c1ccc(F)cc1. The van der Waals surface area contributed by atoms with Crippen molar-refractivity contribution < 1.29 is 33.0 Å². The van der Waals surface area contributed by atoms with Crippen LogP contribution in [0, 0.1) is 5.82 Å². The molecule has 29 heavy (non-hydrogen) atoms. The first-order valence-electron chi connectivity index (χ1n) is 9.36. The van der Waals surface area contributed by atoms with Crippen LogP contribution in [0.15, 0.2) is 42.5 Å². The van der Waals surface area contributed by atoms with Crippen molar-refractivity contribution >= 4 is 17.5 Å². The Hall–Kier alpha value is -3.22. The molecule has 0 radical (unpaired) electrons. The van der Waals surface area contributed by atoms with E-state index in [0.29, 0.717) is 30.3 Å². The van der Waals surface area contributed by atoms with Crippen molar-refractivity contribution in [2.24, 2.45) is 0 Å². The maximum absolute atomic E-state index is 12.9. The lowest BCUT2D eigenvalue weighted by molar-refractivity contribution is -0.146. The van der Waals surface area contributed by atoms with E-state index in [9.17, 15) is 18.8 Å². The van der Waals surface area contributed by atoms with Gasteiger partial charge in [-0.05, 0) is 49.4 Å². The van der Waals surface area contributed by atoms with Crippen LogP contribution in [0.1, 0.15) is 46.9 Å². The van der Waals surface area contributed by atoms with Gasteiger partial charge in [-0.2, -0.15) is 0 Å². The number of esters is 1. The Labute approximate surface area is 167 Å². The van der Waals surface area contributed by atoms with Crippen LogP contribution < -0.4 is 9.47 Å². The van der Waals surface area contributed by atoms with Crippen molar-refractivity contribution in [3.05, 3.63) is 59.4 Å². The highest BCUT2D eigenvalue weighted by Crippen LogP contribution is 2.30. The second-order valence-corrected chi connectivity index (χ2v) is 6.64. The van der Waals surface area contributed by atoms with Crippen LogP contribution in [0.25, 0.3) is 0 Å². The summed E-state index contributed by atoms with van der Waals surface area (Å²) in [5.41, 5.74) is 0.660. The third-order valence-electron chi connectivity index (χ3n) is 4.43. The molecule has 152 valence electrons. The summed E-state index contributed by atoms with van der Waals surface area (Å²) in [6.07, 6.45) is -0.482. The summed E-state index contributed by atoms with van der Waals surface area (Å²) in [7, 11) is 0. The van der Waals surface area contributed by atoms with E-state index in [1.54, 1.807) is 18.2 Å². The highest BCUT2D eigenvalue weighted by molar-refractivity contribution is 6.01. The normalized spacial score (nSPS) is 13.9. The van der Waals surface area contributed by atoms with Gasteiger partial charge in [-0.25, -0.2) is 4.39 Å². The smallest absolute Gasteiger partial charge is 0.306 e. The number of benzene rings is 2. The molecule has 1 aliphatic heterocycles. The minimum atomic E-state index is -1.03. The van der Waals surface area contributed by atoms with E-state index in [2.05, 4.69) is 0 Å². The van der Waals surface area contributed by atoms with Crippen molar-refractivity contribution in [3.63, 3.8) is 0 Å². The number of carbonyl (C=O) groups is 3. The number of fused-ring (bicyclic) bond motifs is 1. The van der Waals surface area contributed by atoms with Crippen LogP contribution >= 0.6 is 0 Å². The molecule has 0 aliphatic carbocycles. The van der Waals surface area contributed by atoms with Gasteiger partial charge < -0.3 is 14.2 Å². The van der Waals surface area contributed by atoms with Crippen molar-refractivity contribution in [2.75, 3.05) is 13.2 Å². The third kappa shape index (κ3) is 5.40. The van der Waals surface area contributed by atoms with E-state index < -0.39 is 23.7 Å². The third-order valence-corrected chi connectivity index (χ3v) is 4.43. The summed E-state index contributed by atoms with van der Waals surface area (Å²) in [4.78, 5) is 36.6. The Morgan fingerprint density at radius 2 is 1.62 bits per heavy atom. The molecule has 0 saturated carbocycles. The average molecular weight is 400 g/mol. The van der Waals surface area contributed by atoms with E-state index in [1.807, 2.05) is 0 Å². The molecule has 0 amide bonds. The van der Waals surface area contributed by atoms with Gasteiger partial charge in [0.05, 0.1) is 19.6 Å². The lowest BCUT2D eigenvalue weighted by atomic mass is 10.1. The highest BCUT2D eigenvalue weighted by Gasteiger charge is 2.21. The quantitative estimate of drug-likeness (QED) is 0.520. The largest absolute Gasteiger partial charge is 0.490 e. The molecule has 2 aromatic rings. The van der Waals surface area contributed by atoms with Crippen LogP contribution in [0.4, 0.5) is 4.39 Å². The summed E-state index contributed by atoms with van der Waals surface area (Å²) in [6, 6.07) is 9.89. The maximum Gasteiger partial charge on any atom is 0.306 e. The molecular weight excluding hydrogens is 379 g/mol. The number of ether oxygens (including phenoxy) is 3. The Morgan fingerprint density at radius 1 is 0.966 bits per heavy atom. The number of ketones is 2. The summed E-state index contributed by atoms with van der Waals surface area (Å²) in [5.74, 6) is -0.696. The molecule has 6 nitrogen and oxygen atoms in total. The molecule has 0 aromatic heterocycles. The van der Waals surface area contributed by atoms with Crippen LogP contribution in [-0.4, -0.2) is 36.9 Å². The van der Waals surface area contributed by atoms with Gasteiger partial charge in [-0.15, -0.1) is 0 Å². The van der Waals surface area contributed by atoms with Gasteiger partial charge >= 0.3 is 5.97 Å². The van der Waals surface area contributed by atoms with Crippen LogP contribution in [-0.2, 0) is 9.53 Å². The van der Waals surface area contributed by atoms with Crippen molar-refractivity contribution in [1.29, 1.82) is 0 Å². The van der Waals surface area contributed by atoms with Gasteiger partial charge in [0.1, 0.15) is 5.82 Å². The molecule has 1 aliphatic rings. The van der Waals surface area contributed by atoms with Crippen LogP contribution in [0.3, 0.4) is 0 Å². The summed E-state index contributed by atoms with van der Waals surface area (Å²) < 4.78 is 29.1. The second-order valence-electron chi connectivity index (χ2n) is 6.64. The van der Waals surface area contributed by atoms with Crippen LogP contribution in [0.5, 0.6) is 11.5 Å². The number of hydrogen-bond donors (Lipinski definition) is 0. The molecule has 0 unspecified atom stereocenters. The van der Waals surface area contributed by atoms with Gasteiger partial charge in [0.2, 0.25) is 5.78 Å². The molecule has 0 spiro atoms. The molecule has 7 heteroatoms. The van der Waals surface area contributed by atoms with Gasteiger partial charge in [-0.3, -0.25) is 14.4 Å². The first-order valence-corrected chi connectivity index (χ1v) is 9.36. The van der Waals surface area contributed by atoms with E-state index in [1.165, 1.54) is 19.1 Å². The molecule has 1 atom stereocenters. The molecule has 2 aromatic carbocycles. The molecule has 0 fully saturated rings. The van der Waals surface area contributed by atoms with Crippen molar-refractivity contribution in [3.8, 4) is 11.5 Å². The van der Waals surface area contributed by atoms with E-state index in [-0.39, 0.29) is 24.2 Å². The van der Waals surface area contributed by atoms with Crippen molar-refractivity contribution in [2.45, 2.75) is 32.3 Å². The maximum atomic E-state index is 12.9. The number of hydrogen-bond acceptors (Lipinski definition) is 6. The van der Waals surface area contributed by atoms with Crippen molar-refractivity contribution in [1.82, 2.24) is 0 Å². The first-order chi connectivity index (χ1) is 13.9. The van der Waals surface area contributed by atoms with Crippen LogP contribution in [0.2, 0.25) is 0 Å². The van der Waals surface area contributed by atoms with Gasteiger partial charge in [0.15, 0.2) is 23.4 Å². The lowest BCUT2D eigenvalue weighted by Gasteiger charge is -2.12. The second kappa shape index (κ2) is 9.32. The highest BCUT2D eigenvalue weighted by atomic mass is 19.1. The number of rotatable bonds is 7. The predicted molar refractivity (Wildman–Crippen MR) is 102 cm³/mol. The van der Waals surface area contributed by atoms with E-state index >= 15 is 0 Å². The number of Topliss-reactive ketones (excluding diaryl/α,β-unsaturated/α-hetero) is 2. The molecule has 0 N–H and O–H groups in total. The average Bonchev–Trinajstić information content (AvgIpc) is 2.96. The fraction of sp³-hybridized carbons (Fsp3) is 0.318. The monoisotopic (exact) mass is 400 g/mol. The fourth-order valence-corrected chi connectivity index (χ4v) is 2.86. The standard InChI is InChI=1S/C22H21FO6/c1-14(22(26)15-3-6-17(23)7-4-15)29-21(25)10-8-18(24)16-5-9-19-20(13-16)28-12-2-11-27-19/h3-7,9,13-14H,2,8,10-12H2,1H3/t14-/m1/s1. The Balaban J connectivity index is 1.52. The molecule has 3 rings (SSSR count). The lowest BCUT2D eigenvalue weighted by Crippen LogP contribution is -2.24. The summed E-state index contributed by atoms with van der Waals surface area (Å²) in [5, 5.41) is 0. The van der Waals surface area contributed by atoms with E-state index in [0.717, 1.165) is 18.6 Å². The number of halogens is 1. The van der Waals surface area contributed by atoms with Gasteiger partial charge in [0, 0.05) is 24.0 Å². The minimum Gasteiger partial charge on any atom is -0.490 e. The predicted octanol–water partition coefficient (Wildman–Crippen LogP) is 3.76. The fourth-order valence-electron chi connectivity index (χ4n) is 2.86. The molecule has 1 heterocycles. The van der Waals surface area contributed by atoms with Gasteiger partial charge in [-0.1, -0.05) is 0 Å². The molecule has 0 bridgehead atoms. The topological polar surface area (TPSA) is 78.9 Å². The summed E-state index contributed by atoms with van der Waals surface area (Å²) >= 11 is 0.